The lowest BCUT2D eigenvalue weighted by molar-refractivity contribution is -0.145. The molecule has 20 heavy (non-hydrogen) atoms. The lowest BCUT2D eigenvalue weighted by Crippen LogP contribution is -2.36. The number of hydrogen-bond donors (Lipinski definition) is 1. The maximum absolute atomic E-state index is 11.7. The molecule has 0 aliphatic rings. The molecular weight excluding hydrogens is 254 g/mol. The predicted molar refractivity (Wildman–Crippen MR) is 80.2 cm³/mol. The molecule has 4 heteroatoms. The molecule has 112 valence electrons. The molecule has 4 nitrogen and oxygen atoms in total. The maximum Gasteiger partial charge on any atom is 0.323 e. The fourth-order valence-corrected chi connectivity index (χ4v) is 2.05. The third kappa shape index (κ3) is 4.23. The molecule has 0 aliphatic carbocycles. The van der Waals surface area contributed by atoms with E-state index in [9.17, 15) is 4.79 Å². The highest BCUT2D eigenvalue weighted by atomic mass is 16.5. The SMILES string of the molecule is CCOC(=O)C(CCOc1c(C)ccc(C)c1C)NC. The molecule has 1 N–H and O–H groups in total. The van der Waals surface area contributed by atoms with Crippen LogP contribution in [-0.4, -0.2) is 32.3 Å². The van der Waals surface area contributed by atoms with Crippen LogP contribution in [0.4, 0.5) is 0 Å². The average molecular weight is 279 g/mol. The molecule has 0 saturated heterocycles. The Morgan fingerprint density at radius 2 is 1.90 bits per heavy atom. The lowest BCUT2D eigenvalue weighted by atomic mass is 10.1. The van der Waals surface area contributed by atoms with E-state index in [4.69, 9.17) is 9.47 Å². The summed E-state index contributed by atoms with van der Waals surface area (Å²) in [5.74, 6) is 0.694. The van der Waals surface area contributed by atoms with Gasteiger partial charge in [0.1, 0.15) is 11.8 Å². The minimum atomic E-state index is -0.319. The monoisotopic (exact) mass is 279 g/mol. The van der Waals surface area contributed by atoms with Crippen molar-refractivity contribution in [1.82, 2.24) is 5.32 Å². The zero-order valence-corrected chi connectivity index (χ0v) is 13.1. The van der Waals surface area contributed by atoms with Gasteiger partial charge in [-0.25, -0.2) is 0 Å². The second-order valence-corrected chi connectivity index (χ2v) is 4.88. The minimum absolute atomic E-state index is 0.226. The van der Waals surface area contributed by atoms with E-state index in [2.05, 4.69) is 31.3 Å². The highest BCUT2D eigenvalue weighted by Crippen LogP contribution is 2.25. The second kappa shape index (κ2) is 7.90. The second-order valence-electron chi connectivity index (χ2n) is 4.88. The van der Waals surface area contributed by atoms with Gasteiger partial charge in [-0.3, -0.25) is 4.79 Å². The molecule has 0 saturated carbocycles. The Hall–Kier alpha value is -1.55. The molecule has 0 aliphatic heterocycles. The van der Waals surface area contributed by atoms with Crippen LogP contribution in [0, 0.1) is 20.8 Å². The molecule has 0 amide bonds. The van der Waals surface area contributed by atoms with Crippen molar-refractivity contribution in [2.45, 2.75) is 40.2 Å². The van der Waals surface area contributed by atoms with Gasteiger partial charge in [0.05, 0.1) is 13.2 Å². The van der Waals surface area contributed by atoms with Gasteiger partial charge in [-0.2, -0.15) is 0 Å². The zero-order valence-electron chi connectivity index (χ0n) is 13.1. The Balaban J connectivity index is 2.60. The fourth-order valence-electron chi connectivity index (χ4n) is 2.05. The van der Waals surface area contributed by atoms with Crippen LogP contribution in [0.15, 0.2) is 12.1 Å². The maximum atomic E-state index is 11.7. The number of carbonyl (C=O) groups excluding carboxylic acids is 1. The van der Waals surface area contributed by atoms with E-state index in [0.29, 0.717) is 19.6 Å². The molecule has 1 aromatic carbocycles. The Bertz CT molecular complexity index is 457. The molecule has 0 heterocycles. The summed E-state index contributed by atoms with van der Waals surface area (Å²) in [6.07, 6.45) is 0.585. The van der Waals surface area contributed by atoms with Crippen LogP contribution < -0.4 is 10.1 Å². The molecule has 0 bridgehead atoms. The van der Waals surface area contributed by atoms with Crippen LogP contribution in [0.5, 0.6) is 5.75 Å². The number of hydrogen-bond acceptors (Lipinski definition) is 4. The van der Waals surface area contributed by atoms with Crippen molar-refractivity contribution >= 4 is 5.97 Å². The Kier molecular flexibility index (Phi) is 6.52. The van der Waals surface area contributed by atoms with Crippen LogP contribution in [0.1, 0.15) is 30.0 Å². The van der Waals surface area contributed by atoms with Crippen LogP contribution in [0.2, 0.25) is 0 Å². The first-order valence-electron chi connectivity index (χ1n) is 7.04. The van der Waals surface area contributed by atoms with Crippen LogP contribution >= 0.6 is 0 Å². The summed E-state index contributed by atoms with van der Waals surface area (Å²) in [6, 6.07) is 3.82. The predicted octanol–water partition coefficient (Wildman–Crippen LogP) is 2.53. The first kappa shape index (κ1) is 16.5. The van der Waals surface area contributed by atoms with Crippen molar-refractivity contribution in [2.24, 2.45) is 0 Å². The summed E-state index contributed by atoms with van der Waals surface area (Å²) in [6.45, 7) is 8.84. The van der Waals surface area contributed by atoms with E-state index in [1.807, 2.05) is 6.92 Å². The molecule has 0 fully saturated rings. The van der Waals surface area contributed by atoms with E-state index in [-0.39, 0.29) is 12.0 Å². The summed E-state index contributed by atoms with van der Waals surface area (Å²) in [5, 5.41) is 2.96. The topological polar surface area (TPSA) is 47.6 Å². The van der Waals surface area contributed by atoms with E-state index in [1.165, 1.54) is 5.56 Å². The standard InChI is InChI=1S/C16H25NO3/c1-6-19-16(18)14(17-5)9-10-20-15-12(3)8-7-11(2)13(15)4/h7-8,14,17H,6,9-10H2,1-5H3. The normalized spacial score (nSPS) is 12.1. The number of carbonyl (C=O) groups is 1. The van der Waals surface area contributed by atoms with Crippen LogP contribution in [0.25, 0.3) is 0 Å². The molecule has 1 atom stereocenters. The van der Waals surface area contributed by atoms with Gasteiger partial charge in [-0.1, -0.05) is 12.1 Å². The van der Waals surface area contributed by atoms with Gasteiger partial charge in [-0.05, 0) is 51.4 Å². The van der Waals surface area contributed by atoms with Gasteiger partial charge in [-0.15, -0.1) is 0 Å². The third-order valence-electron chi connectivity index (χ3n) is 3.45. The number of rotatable bonds is 7. The Labute approximate surface area is 121 Å². The van der Waals surface area contributed by atoms with Gasteiger partial charge in [0.2, 0.25) is 0 Å². The van der Waals surface area contributed by atoms with Gasteiger partial charge in [0, 0.05) is 6.42 Å². The summed E-state index contributed by atoms with van der Waals surface area (Å²) < 4.78 is 10.9. The van der Waals surface area contributed by atoms with Crippen molar-refractivity contribution in [3.63, 3.8) is 0 Å². The molecule has 0 aromatic heterocycles. The average Bonchev–Trinajstić information content (AvgIpc) is 2.42. The molecule has 1 unspecified atom stereocenters. The van der Waals surface area contributed by atoms with E-state index >= 15 is 0 Å². The molecule has 0 spiro atoms. The molecular formula is C16H25NO3. The zero-order chi connectivity index (χ0) is 15.1. The quantitative estimate of drug-likeness (QED) is 0.779. The number of nitrogens with one attached hydrogen (secondary N) is 1. The fraction of sp³-hybridized carbons (Fsp3) is 0.562. The summed E-state index contributed by atoms with van der Waals surface area (Å²) >= 11 is 0. The minimum Gasteiger partial charge on any atom is -0.493 e. The lowest BCUT2D eigenvalue weighted by Gasteiger charge is -2.17. The summed E-state index contributed by atoms with van der Waals surface area (Å²) in [4.78, 5) is 11.7. The van der Waals surface area contributed by atoms with E-state index in [1.54, 1.807) is 14.0 Å². The first-order chi connectivity index (χ1) is 9.51. The van der Waals surface area contributed by atoms with Gasteiger partial charge < -0.3 is 14.8 Å². The van der Waals surface area contributed by atoms with Crippen molar-refractivity contribution in [2.75, 3.05) is 20.3 Å². The summed E-state index contributed by atoms with van der Waals surface area (Å²) in [5.41, 5.74) is 3.48. The first-order valence-corrected chi connectivity index (χ1v) is 7.04. The van der Waals surface area contributed by atoms with Crippen LogP contribution in [-0.2, 0) is 9.53 Å². The van der Waals surface area contributed by atoms with Gasteiger partial charge >= 0.3 is 5.97 Å². The number of benzene rings is 1. The van der Waals surface area contributed by atoms with Crippen molar-refractivity contribution in [3.8, 4) is 5.75 Å². The molecule has 1 aromatic rings. The molecule has 1 rings (SSSR count). The third-order valence-corrected chi connectivity index (χ3v) is 3.45. The highest BCUT2D eigenvalue weighted by molar-refractivity contribution is 5.75. The van der Waals surface area contributed by atoms with Crippen molar-refractivity contribution < 1.29 is 14.3 Å². The Morgan fingerprint density at radius 1 is 1.25 bits per heavy atom. The van der Waals surface area contributed by atoms with E-state index in [0.717, 1.165) is 16.9 Å². The number of esters is 1. The number of likely N-dealkylation sites (N-methyl/N-ethyl adjacent to an activating group) is 1. The number of ether oxygens (including phenoxy) is 2. The smallest absolute Gasteiger partial charge is 0.323 e. The van der Waals surface area contributed by atoms with Crippen LogP contribution in [0.3, 0.4) is 0 Å². The van der Waals surface area contributed by atoms with Gasteiger partial charge in [0.15, 0.2) is 0 Å². The van der Waals surface area contributed by atoms with Gasteiger partial charge in [0.25, 0.3) is 0 Å². The Morgan fingerprint density at radius 3 is 2.50 bits per heavy atom. The largest absolute Gasteiger partial charge is 0.493 e. The summed E-state index contributed by atoms with van der Waals surface area (Å²) in [7, 11) is 1.75. The van der Waals surface area contributed by atoms with E-state index < -0.39 is 0 Å². The van der Waals surface area contributed by atoms with Crippen molar-refractivity contribution in [1.29, 1.82) is 0 Å². The molecule has 0 radical (unpaired) electrons. The number of aryl methyl sites for hydroxylation is 2. The highest BCUT2D eigenvalue weighted by Gasteiger charge is 2.17. The van der Waals surface area contributed by atoms with Crippen molar-refractivity contribution in [3.05, 3.63) is 28.8 Å².